The number of carbonyl (C=O) groups is 1. The topological polar surface area (TPSA) is 32.3 Å². The molecule has 1 heterocycles. The molecule has 6 heteroatoms. The minimum Gasteiger partial charge on any atom is -0.313 e. The molecule has 0 aromatic heterocycles. The van der Waals surface area contributed by atoms with Crippen molar-refractivity contribution in [1.29, 1.82) is 0 Å². The molecular weight excluding hydrogens is 281 g/mol. The van der Waals surface area contributed by atoms with Crippen LogP contribution in [0, 0.1) is 0 Å². The molecule has 0 aliphatic carbocycles. The van der Waals surface area contributed by atoms with Gasteiger partial charge < -0.3 is 4.90 Å². The molecule has 0 spiro atoms. The number of hydrogen-bond donors (Lipinski definition) is 1. The zero-order valence-electron chi connectivity index (χ0n) is 12.3. The van der Waals surface area contributed by atoms with Crippen LogP contribution in [0.25, 0.3) is 0 Å². The average Bonchev–Trinajstić information content (AvgIpc) is 2.68. The quantitative estimate of drug-likeness (QED) is 0.910. The molecule has 1 saturated heterocycles. The molecule has 1 fully saturated rings. The highest BCUT2D eigenvalue weighted by molar-refractivity contribution is 5.81. The Morgan fingerprint density at radius 1 is 1.19 bits per heavy atom. The Labute approximate surface area is 122 Å². The lowest BCUT2D eigenvalue weighted by Crippen LogP contribution is -2.38. The number of benzene rings is 1. The molecule has 1 atom stereocenters. The van der Waals surface area contributed by atoms with E-state index < -0.39 is 24.8 Å². The molecular formula is C15H19F3N2O. The highest BCUT2D eigenvalue weighted by Crippen LogP contribution is 2.29. The molecule has 2 rings (SSSR count). The number of halogens is 3. The summed E-state index contributed by atoms with van der Waals surface area (Å²) in [6.45, 7) is 4.90. The van der Waals surface area contributed by atoms with Crippen LogP contribution in [0.15, 0.2) is 24.3 Å². The van der Waals surface area contributed by atoms with Gasteiger partial charge in [-0.2, -0.15) is 13.2 Å². The summed E-state index contributed by atoms with van der Waals surface area (Å²) in [4.78, 5) is 12.5. The lowest BCUT2D eigenvalue weighted by atomic mass is 9.86. The van der Waals surface area contributed by atoms with Crippen LogP contribution in [0.2, 0.25) is 0 Å². The Balaban J connectivity index is 2.22. The van der Waals surface area contributed by atoms with Crippen LogP contribution in [0.5, 0.6) is 0 Å². The Kier molecular flexibility index (Phi) is 4.02. The summed E-state index contributed by atoms with van der Waals surface area (Å²) in [6, 6.07) is 7.34. The normalized spacial score (nSPS) is 20.2. The zero-order valence-corrected chi connectivity index (χ0v) is 12.3. The fourth-order valence-corrected chi connectivity index (χ4v) is 2.38. The standard InChI is InChI=1S/C15H19F3N2O/c1-14(2,3)11-6-4-10(5-7-11)13-19-8-12(21)20(13)9-15(16,17)18/h4-7,13,19H,8-9H2,1-3H3. The van der Waals surface area contributed by atoms with Crippen molar-refractivity contribution in [3.63, 3.8) is 0 Å². The van der Waals surface area contributed by atoms with E-state index in [4.69, 9.17) is 0 Å². The third kappa shape index (κ3) is 3.75. The summed E-state index contributed by atoms with van der Waals surface area (Å²) < 4.78 is 37.7. The molecule has 3 nitrogen and oxygen atoms in total. The highest BCUT2D eigenvalue weighted by atomic mass is 19.4. The maximum atomic E-state index is 12.6. The highest BCUT2D eigenvalue weighted by Gasteiger charge is 2.40. The number of hydrogen-bond acceptors (Lipinski definition) is 2. The Morgan fingerprint density at radius 2 is 1.76 bits per heavy atom. The van der Waals surface area contributed by atoms with E-state index in [1.807, 2.05) is 12.1 Å². The van der Waals surface area contributed by atoms with Crippen LogP contribution in [0.3, 0.4) is 0 Å². The zero-order chi connectivity index (χ0) is 15.8. The first-order valence-electron chi connectivity index (χ1n) is 6.78. The molecule has 0 saturated carbocycles. The van der Waals surface area contributed by atoms with Gasteiger partial charge in [0.1, 0.15) is 12.7 Å². The van der Waals surface area contributed by atoms with Crippen LogP contribution in [-0.2, 0) is 10.2 Å². The molecule has 1 unspecified atom stereocenters. The number of nitrogens with zero attached hydrogens (tertiary/aromatic N) is 1. The third-order valence-corrected chi connectivity index (χ3v) is 3.52. The van der Waals surface area contributed by atoms with Crippen molar-refractivity contribution in [3.05, 3.63) is 35.4 Å². The van der Waals surface area contributed by atoms with Crippen molar-refractivity contribution in [2.45, 2.75) is 38.5 Å². The predicted molar refractivity (Wildman–Crippen MR) is 73.7 cm³/mol. The number of amides is 1. The number of alkyl halides is 3. The van der Waals surface area contributed by atoms with Crippen molar-refractivity contribution < 1.29 is 18.0 Å². The van der Waals surface area contributed by atoms with Crippen molar-refractivity contribution in [3.8, 4) is 0 Å². The van der Waals surface area contributed by atoms with E-state index in [1.165, 1.54) is 0 Å². The third-order valence-electron chi connectivity index (χ3n) is 3.52. The summed E-state index contributed by atoms with van der Waals surface area (Å²) in [7, 11) is 0. The van der Waals surface area contributed by atoms with E-state index in [-0.39, 0.29) is 12.0 Å². The summed E-state index contributed by atoms with van der Waals surface area (Å²) in [5.41, 5.74) is 1.74. The van der Waals surface area contributed by atoms with Gasteiger partial charge in [-0.1, -0.05) is 45.0 Å². The molecule has 21 heavy (non-hydrogen) atoms. The van der Waals surface area contributed by atoms with Gasteiger partial charge in [0.25, 0.3) is 0 Å². The molecule has 1 aromatic rings. The van der Waals surface area contributed by atoms with Crippen LogP contribution in [-0.4, -0.2) is 30.1 Å². The summed E-state index contributed by atoms with van der Waals surface area (Å²) >= 11 is 0. The lowest BCUT2D eigenvalue weighted by molar-refractivity contribution is -0.161. The van der Waals surface area contributed by atoms with Crippen LogP contribution in [0.1, 0.15) is 38.1 Å². The van der Waals surface area contributed by atoms with Crippen LogP contribution in [0.4, 0.5) is 13.2 Å². The minimum absolute atomic E-state index is 0.0247. The first kappa shape index (κ1) is 15.8. The lowest BCUT2D eigenvalue weighted by Gasteiger charge is -2.26. The van der Waals surface area contributed by atoms with Gasteiger partial charge in [-0.3, -0.25) is 10.1 Å². The molecule has 1 aliphatic heterocycles. The van der Waals surface area contributed by atoms with Crippen molar-refractivity contribution in [1.82, 2.24) is 10.2 Å². The van der Waals surface area contributed by atoms with Crippen molar-refractivity contribution in [2.75, 3.05) is 13.1 Å². The van der Waals surface area contributed by atoms with Crippen molar-refractivity contribution >= 4 is 5.91 Å². The summed E-state index contributed by atoms with van der Waals surface area (Å²) in [6.07, 6.45) is -5.11. The van der Waals surface area contributed by atoms with Crippen molar-refractivity contribution in [2.24, 2.45) is 0 Å². The number of rotatable bonds is 2. The second-order valence-electron chi connectivity index (χ2n) is 6.29. The molecule has 1 amide bonds. The molecule has 1 N–H and O–H groups in total. The van der Waals surface area contributed by atoms with E-state index >= 15 is 0 Å². The van der Waals surface area contributed by atoms with Gasteiger partial charge in [-0.25, -0.2) is 0 Å². The van der Waals surface area contributed by atoms with Crippen LogP contribution >= 0.6 is 0 Å². The van der Waals surface area contributed by atoms with Gasteiger partial charge in [0.2, 0.25) is 5.91 Å². The van der Waals surface area contributed by atoms with Gasteiger partial charge in [-0.15, -0.1) is 0 Å². The maximum absolute atomic E-state index is 12.6. The molecule has 1 aromatic carbocycles. The first-order chi connectivity index (χ1) is 9.58. The fraction of sp³-hybridized carbons (Fsp3) is 0.533. The maximum Gasteiger partial charge on any atom is 0.406 e. The fourth-order valence-electron chi connectivity index (χ4n) is 2.38. The SMILES string of the molecule is CC(C)(C)c1ccc(C2NCC(=O)N2CC(F)(F)F)cc1. The van der Waals surface area contributed by atoms with Gasteiger partial charge in [0.15, 0.2) is 0 Å². The monoisotopic (exact) mass is 300 g/mol. The van der Waals surface area contributed by atoms with E-state index in [9.17, 15) is 18.0 Å². The molecule has 116 valence electrons. The van der Waals surface area contributed by atoms with Gasteiger partial charge >= 0.3 is 6.18 Å². The number of carbonyl (C=O) groups excluding carboxylic acids is 1. The summed E-state index contributed by atoms with van der Waals surface area (Å²) in [5, 5.41) is 2.83. The van der Waals surface area contributed by atoms with Gasteiger partial charge in [0, 0.05) is 0 Å². The Hall–Kier alpha value is -1.56. The Bertz CT molecular complexity index is 517. The van der Waals surface area contributed by atoms with Gasteiger partial charge in [-0.05, 0) is 16.5 Å². The predicted octanol–water partition coefficient (Wildman–Crippen LogP) is 2.98. The number of nitrogens with one attached hydrogen (secondary N) is 1. The minimum atomic E-state index is -4.40. The molecule has 1 aliphatic rings. The Morgan fingerprint density at radius 3 is 2.24 bits per heavy atom. The largest absolute Gasteiger partial charge is 0.406 e. The van der Waals surface area contributed by atoms with E-state index in [0.717, 1.165) is 10.5 Å². The van der Waals surface area contributed by atoms with E-state index in [1.54, 1.807) is 12.1 Å². The smallest absolute Gasteiger partial charge is 0.313 e. The first-order valence-corrected chi connectivity index (χ1v) is 6.78. The second kappa shape index (κ2) is 5.33. The van der Waals surface area contributed by atoms with Crippen LogP contribution < -0.4 is 5.32 Å². The van der Waals surface area contributed by atoms with E-state index in [2.05, 4.69) is 26.1 Å². The second-order valence-corrected chi connectivity index (χ2v) is 6.29. The van der Waals surface area contributed by atoms with Gasteiger partial charge in [0.05, 0.1) is 6.54 Å². The molecule has 0 radical (unpaired) electrons. The average molecular weight is 300 g/mol. The van der Waals surface area contributed by atoms with E-state index in [0.29, 0.717) is 5.56 Å². The molecule has 0 bridgehead atoms. The summed E-state index contributed by atoms with van der Waals surface area (Å²) in [5.74, 6) is -0.530.